The number of hydrogen-bond donors (Lipinski definition) is 1. The van der Waals surface area contributed by atoms with Crippen LogP contribution in [0.4, 0.5) is 0 Å². The van der Waals surface area contributed by atoms with Crippen molar-refractivity contribution in [2.75, 3.05) is 14.1 Å². The van der Waals surface area contributed by atoms with Gasteiger partial charge in [-0.15, -0.1) is 12.4 Å². The number of aromatic nitrogens is 1. The summed E-state index contributed by atoms with van der Waals surface area (Å²) in [4.78, 5) is 26.3. The summed E-state index contributed by atoms with van der Waals surface area (Å²) in [7, 11) is 4.05. The number of hydrogen-bond acceptors (Lipinski definition) is 3. The second-order valence-electron chi connectivity index (χ2n) is 6.58. The number of carbonyl (C=O) groups excluding carboxylic acids is 1. The van der Waals surface area contributed by atoms with Gasteiger partial charge in [-0.05, 0) is 43.4 Å². The third-order valence-electron chi connectivity index (χ3n) is 4.18. The molecule has 0 saturated carbocycles. The van der Waals surface area contributed by atoms with E-state index in [-0.39, 0.29) is 18.0 Å². The van der Waals surface area contributed by atoms with Crippen LogP contribution in [0, 0.1) is 0 Å². The van der Waals surface area contributed by atoms with Crippen molar-refractivity contribution in [3.05, 3.63) is 80.6 Å². The summed E-state index contributed by atoms with van der Waals surface area (Å²) < 4.78 is 1.86. The third-order valence-corrected chi connectivity index (χ3v) is 4.42. The fourth-order valence-corrected chi connectivity index (χ4v) is 3.16. The van der Waals surface area contributed by atoms with Gasteiger partial charge >= 0.3 is 0 Å². The molecule has 0 aliphatic heterocycles. The number of nitrogens with two attached hydrogens (primary N) is 1. The van der Waals surface area contributed by atoms with E-state index < -0.39 is 11.3 Å². The molecule has 3 aromatic rings. The Morgan fingerprint density at radius 3 is 2.33 bits per heavy atom. The molecule has 0 aliphatic rings. The van der Waals surface area contributed by atoms with Gasteiger partial charge in [-0.25, -0.2) is 0 Å². The lowest BCUT2D eigenvalue weighted by Crippen LogP contribution is -2.24. The number of pyridine rings is 1. The van der Waals surface area contributed by atoms with Crippen molar-refractivity contribution < 1.29 is 4.79 Å². The lowest BCUT2D eigenvalue weighted by molar-refractivity contribution is 0.0999. The monoisotopic (exact) mass is 405 g/mol. The topological polar surface area (TPSA) is 68.3 Å². The number of halogens is 2. The fraction of sp³-hybridized carbons (Fsp3) is 0.200. The van der Waals surface area contributed by atoms with Crippen molar-refractivity contribution in [3.8, 4) is 0 Å². The Balaban J connectivity index is 0.00000261. The minimum Gasteiger partial charge on any atom is -0.365 e. The molecule has 0 fully saturated rings. The van der Waals surface area contributed by atoms with Gasteiger partial charge in [0.1, 0.15) is 5.56 Å². The van der Waals surface area contributed by atoms with Gasteiger partial charge in [-0.2, -0.15) is 0 Å². The zero-order valence-corrected chi connectivity index (χ0v) is 16.7. The van der Waals surface area contributed by atoms with Crippen LogP contribution >= 0.6 is 24.0 Å². The maximum atomic E-state index is 12.5. The van der Waals surface area contributed by atoms with E-state index in [1.165, 1.54) is 11.8 Å². The average Bonchev–Trinajstić information content (AvgIpc) is 2.58. The van der Waals surface area contributed by atoms with Gasteiger partial charge in [0.05, 0.1) is 5.52 Å². The number of nitrogens with zero attached hydrogens (tertiary/aromatic N) is 2. The molecule has 2 aromatic carbocycles. The number of rotatable bonds is 5. The van der Waals surface area contributed by atoms with Crippen LogP contribution in [0.15, 0.2) is 53.5 Å². The lowest BCUT2D eigenvalue weighted by atomic mass is 10.1. The zero-order valence-electron chi connectivity index (χ0n) is 15.1. The maximum Gasteiger partial charge on any atom is 0.254 e. The van der Waals surface area contributed by atoms with E-state index in [4.69, 9.17) is 17.3 Å². The normalized spacial score (nSPS) is 10.8. The third kappa shape index (κ3) is 4.69. The molecule has 5 nitrogen and oxygen atoms in total. The smallest absolute Gasteiger partial charge is 0.254 e. The fourth-order valence-electron chi connectivity index (χ4n) is 2.99. The Morgan fingerprint density at radius 1 is 1.11 bits per heavy atom. The first-order valence-electron chi connectivity index (χ1n) is 8.20. The van der Waals surface area contributed by atoms with Crippen molar-refractivity contribution >= 4 is 40.8 Å². The molecule has 0 saturated heterocycles. The molecule has 0 atom stereocenters. The first-order chi connectivity index (χ1) is 12.3. The highest BCUT2D eigenvalue weighted by Crippen LogP contribution is 2.19. The molecule has 142 valence electrons. The molecule has 0 aliphatic carbocycles. The highest BCUT2D eigenvalue weighted by Gasteiger charge is 2.13. The first-order valence-corrected chi connectivity index (χ1v) is 8.58. The second-order valence-corrected chi connectivity index (χ2v) is 7.02. The quantitative estimate of drug-likeness (QED) is 0.707. The van der Waals surface area contributed by atoms with Gasteiger partial charge in [-0.3, -0.25) is 9.59 Å². The van der Waals surface area contributed by atoms with Crippen LogP contribution in [0.2, 0.25) is 5.02 Å². The first kappa shape index (κ1) is 21.0. The van der Waals surface area contributed by atoms with Crippen LogP contribution in [0.25, 0.3) is 10.9 Å². The summed E-state index contributed by atoms with van der Waals surface area (Å²) >= 11 is 6.03. The van der Waals surface area contributed by atoms with E-state index in [2.05, 4.69) is 17.0 Å². The van der Waals surface area contributed by atoms with Gasteiger partial charge in [0.15, 0.2) is 0 Å². The number of primary amides is 1. The Bertz CT molecular complexity index is 1030. The maximum absolute atomic E-state index is 12.5. The molecule has 0 bridgehead atoms. The Morgan fingerprint density at radius 2 is 1.74 bits per heavy atom. The van der Waals surface area contributed by atoms with Crippen LogP contribution < -0.4 is 11.2 Å². The summed E-state index contributed by atoms with van der Waals surface area (Å²) in [6, 6.07) is 13.3. The lowest BCUT2D eigenvalue weighted by Gasteiger charge is -2.14. The van der Waals surface area contributed by atoms with Crippen LogP contribution in [0.1, 0.15) is 21.5 Å². The number of fused-ring (bicyclic) bond motifs is 1. The zero-order chi connectivity index (χ0) is 18.8. The molecule has 27 heavy (non-hydrogen) atoms. The van der Waals surface area contributed by atoms with E-state index in [1.807, 2.05) is 30.8 Å². The molecule has 1 amide bonds. The summed E-state index contributed by atoms with van der Waals surface area (Å²) in [6.45, 7) is 1.38. The molecule has 2 N–H and O–H groups in total. The van der Waals surface area contributed by atoms with Crippen molar-refractivity contribution in [2.24, 2.45) is 5.73 Å². The second kappa shape index (κ2) is 8.57. The predicted molar refractivity (Wildman–Crippen MR) is 112 cm³/mol. The van der Waals surface area contributed by atoms with Crippen LogP contribution in [-0.2, 0) is 13.1 Å². The largest absolute Gasteiger partial charge is 0.365 e. The van der Waals surface area contributed by atoms with Gasteiger partial charge in [0, 0.05) is 29.7 Å². The average molecular weight is 406 g/mol. The van der Waals surface area contributed by atoms with E-state index in [0.717, 1.165) is 12.1 Å². The van der Waals surface area contributed by atoms with Gasteiger partial charge in [0.2, 0.25) is 5.43 Å². The van der Waals surface area contributed by atoms with Gasteiger partial charge < -0.3 is 15.2 Å². The minimum atomic E-state index is -0.744. The Labute approximate surface area is 168 Å². The minimum absolute atomic E-state index is 0. The van der Waals surface area contributed by atoms with Crippen LogP contribution in [-0.4, -0.2) is 29.5 Å². The number of benzene rings is 2. The molecule has 0 unspecified atom stereocenters. The highest BCUT2D eigenvalue weighted by molar-refractivity contribution is 6.31. The van der Waals surface area contributed by atoms with E-state index in [9.17, 15) is 9.59 Å². The van der Waals surface area contributed by atoms with Crippen molar-refractivity contribution in [1.29, 1.82) is 0 Å². The molecule has 0 spiro atoms. The van der Waals surface area contributed by atoms with E-state index in [0.29, 0.717) is 22.5 Å². The number of carbonyl (C=O) groups is 1. The molecule has 1 heterocycles. The molecule has 3 rings (SSSR count). The summed E-state index contributed by atoms with van der Waals surface area (Å²) in [5.74, 6) is -0.744. The van der Waals surface area contributed by atoms with Crippen LogP contribution in [0.5, 0.6) is 0 Å². The molecular weight excluding hydrogens is 385 g/mol. The van der Waals surface area contributed by atoms with Gasteiger partial charge in [-0.1, -0.05) is 35.9 Å². The molecular formula is C20H21Cl2N3O2. The summed E-state index contributed by atoms with van der Waals surface area (Å²) in [5.41, 5.74) is 7.93. The van der Waals surface area contributed by atoms with Crippen LogP contribution in [0.3, 0.4) is 0 Å². The Kier molecular flexibility index (Phi) is 6.65. The summed E-state index contributed by atoms with van der Waals surface area (Å²) in [5, 5.41) is 0.828. The summed E-state index contributed by atoms with van der Waals surface area (Å²) in [6.07, 6.45) is 1.52. The SMILES string of the molecule is CN(C)Cc1ccc(Cn2cc(C(N)=O)c(=O)c3cc(Cl)ccc32)cc1.Cl. The standard InChI is InChI=1S/C20H20ClN3O2.ClH/c1-23(2)10-13-3-5-14(6-4-13)11-24-12-17(20(22)26)19(25)16-9-15(21)7-8-18(16)24;/h3-9,12H,10-11H2,1-2H3,(H2,22,26);1H. The van der Waals surface area contributed by atoms with Crippen molar-refractivity contribution in [3.63, 3.8) is 0 Å². The van der Waals surface area contributed by atoms with E-state index in [1.54, 1.807) is 18.2 Å². The molecule has 1 aromatic heterocycles. The van der Waals surface area contributed by atoms with Crippen molar-refractivity contribution in [1.82, 2.24) is 9.47 Å². The molecule has 7 heteroatoms. The highest BCUT2D eigenvalue weighted by atomic mass is 35.5. The van der Waals surface area contributed by atoms with Gasteiger partial charge in [0.25, 0.3) is 5.91 Å². The van der Waals surface area contributed by atoms with Crippen molar-refractivity contribution in [2.45, 2.75) is 13.1 Å². The predicted octanol–water partition coefficient (Wildman–Crippen LogP) is 3.29. The van der Waals surface area contributed by atoms with E-state index >= 15 is 0 Å². The Hall–Kier alpha value is -2.34. The number of amides is 1. The molecule has 0 radical (unpaired) electrons.